The number of hydrogen-bond donors (Lipinski definition) is 1. The van der Waals surface area contributed by atoms with Gasteiger partial charge >= 0.3 is 6.18 Å². The number of nitrogens with one attached hydrogen (secondary N) is 1. The second-order valence-corrected chi connectivity index (χ2v) is 4.65. The highest BCUT2D eigenvalue weighted by Gasteiger charge is 2.30. The van der Waals surface area contributed by atoms with Crippen molar-refractivity contribution in [2.45, 2.75) is 19.1 Å². The summed E-state index contributed by atoms with van der Waals surface area (Å²) in [6.45, 7) is 1.12. The van der Waals surface area contributed by atoms with Gasteiger partial charge < -0.3 is 5.32 Å². The average molecular weight is 283 g/mol. The molecule has 1 aromatic heterocycles. The molecule has 0 spiro atoms. The summed E-state index contributed by atoms with van der Waals surface area (Å²) in [5, 5.41) is 7.19. The molecule has 2 aromatic rings. The van der Waals surface area contributed by atoms with E-state index in [9.17, 15) is 13.2 Å². The van der Waals surface area contributed by atoms with Crippen molar-refractivity contribution in [1.29, 1.82) is 0 Å². The second-order valence-electron chi connectivity index (χ2n) is 4.65. The van der Waals surface area contributed by atoms with Crippen LogP contribution in [0.2, 0.25) is 0 Å². The zero-order valence-electron chi connectivity index (χ0n) is 11.1. The fraction of sp³-hybridized carbons (Fsp3) is 0.357. The van der Waals surface area contributed by atoms with Crippen LogP contribution in [-0.4, -0.2) is 16.3 Å². The van der Waals surface area contributed by atoms with Crippen molar-refractivity contribution in [2.75, 3.05) is 6.54 Å². The monoisotopic (exact) mass is 283 g/mol. The number of hydrogen-bond acceptors (Lipinski definition) is 2. The summed E-state index contributed by atoms with van der Waals surface area (Å²) in [6.07, 6.45) is 0.219. The molecule has 0 bridgehead atoms. The van der Waals surface area contributed by atoms with Crippen molar-refractivity contribution in [2.24, 2.45) is 7.05 Å². The van der Waals surface area contributed by atoms with Crippen LogP contribution in [0.5, 0.6) is 0 Å². The Morgan fingerprint density at radius 3 is 2.70 bits per heavy atom. The quantitative estimate of drug-likeness (QED) is 0.855. The van der Waals surface area contributed by atoms with E-state index in [1.807, 2.05) is 13.2 Å². The molecule has 1 heterocycles. The summed E-state index contributed by atoms with van der Waals surface area (Å²) in [4.78, 5) is 0. The fourth-order valence-corrected chi connectivity index (χ4v) is 1.92. The predicted molar refractivity (Wildman–Crippen MR) is 70.1 cm³/mol. The number of halogens is 3. The van der Waals surface area contributed by atoms with Crippen LogP contribution in [0.4, 0.5) is 13.2 Å². The summed E-state index contributed by atoms with van der Waals surface area (Å²) in [6, 6.07) is 5.38. The van der Waals surface area contributed by atoms with Crippen LogP contribution < -0.4 is 5.32 Å². The molecule has 0 atom stereocenters. The number of nitrogens with zero attached hydrogens (tertiary/aromatic N) is 2. The van der Waals surface area contributed by atoms with Crippen LogP contribution in [0.1, 0.15) is 16.7 Å². The highest BCUT2D eigenvalue weighted by Crippen LogP contribution is 2.29. The third-order valence-electron chi connectivity index (χ3n) is 2.93. The maximum atomic E-state index is 12.6. The highest BCUT2D eigenvalue weighted by atomic mass is 19.4. The van der Waals surface area contributed by atoms with Gasteiger partial charge in [0, 0.05) is 19.8 Å². The lowest BCUT2D eigenvalue weighted by molar-refractivity contribution is -0.137. The number of aryl methyl sites for hydroxylation is 1. The normalized spacial score (nSPS) is 11.8. The van der Waals surface area contributed by atoms with E-state index in [1.54, 1.807) is 16.9 Å². The first-order valence-corrected chi connectivity index (χ1v) is 6.29. The summed E-state index contributed by atoms with van der Waals surface area (Å²) in [5.74, 6) is 0. The standard InChI is InChI=1S/C14H16F3N3/c1-20-10-12(9-19-20)5-6-18-8-11-3-2-4-13(7-11)14(15,16)17/h2-4,7,9-10,18H,5-6,8H2,1H3. The number of aromatic nitrogens is 2. The van der Waals surface area contributed by atoms with Gasteiger partial charge in [-0.3, -0.25) is 4.68 Å². The van der Waals surface area contributed by atoms with Crippen molar-refractivity contribution < 1.29 is 13.2 Å². The van der Waals surface area contributed by atoms with Gasteiger partial charge in [-0.25, -0.2) is 0 Å². The van der Waals surface area contributed by atoms with E-state index in [0.29, 0.717) is 18.7 Å². The average Bonchev–Trinajstić information content (AvgIpc) is 2.80. The van der Waals surface area contributed by atoms with Gasteiger partial charge in [0.15, 0.2) is 0 Å². The maximum Gasteiger partial charge on any atom is 0.416 e. The predicted octanol–water partition coefficient (Wildman–Crippen LogP) is 2.77. The molecule has 0 radical (unpaired) electrons. The summed E-state index contributed by atoms with van der Waals surface area (Å²) < 4.78 is 39.4. The lowest BCUT2D eigenvalue weighted by atomic mass is 10.1. The van der Waals surface area contributed by atoms with E-state index in [0.717, 1.165) is 18.1 Å². The Hall–Kier alpha value is -1.82. The molecule has 0 saturated carbocycles. The molecule has 0 aliphatic heterocycles. The van der Waals surface area contributed by atoms with Crippen molar-refractivity contribution in [3.05, 3.63) is 53.3 Å². The van der Waals surface area contributed by atoms with Gasteiger partial charge in [-0.1, -0.05) is 18.2 Å². The topological polar surface area (TPSA) is 29.9 Å². The molecule has 6 heteroatoms. The second kappa shape index (κ2) is 6.09. The Bertz CT molecular complexity index is 561. The molecule has 0 unspecified atom stereocenters. The van der Waals surface area contributed by atoms with Crippen molar-refractivity contribution in [1.82, 2.24) is 15.1 Å². The van der Waals surface area contributed by atoms with Gasteiger partial charge in [0.05, 0.1) is 11.8 Å². The molecule has 0 fully saturated rings. The number of alkyl halides is 3. The van der Waals surface area contributed by atoms with E-state index in [2.05, 4.69) is 10.4 Å². The summed E-state index contributed by atoms with van der Waals surface area (Å²) >= 11 is 0. The lowest BCUT2D eigenvalue weighted by Gasteiger charge is -2.09. The van der Waals surface area contributed by atoms with Gasteiger partial charge in [0.25, 0.3) is 0 Å². The van der Waals surface area contributed by atoms with E-state index in [4.69, 9.17) is 0 Å². The Kier molecular flexibility index (Phi) is 4.44. The van der Waals surface area contributed by atoms with Crippen LogP contribution in [-0.2, 0) is 26.2 Å². The molecule has 108 valence electrons. The van der Waals surface area contributed by atoms with Gasteiger partial charge in [-0.15, -0.1) is 0 Å². The third-order valence-corrected chi connectivity index (χ3v) is 2.93. The van der Waals surface area contributed by atoms with Crippen molar-refractivity contribution >= 4 is 0 Å². The minimum Gasteiger partial charge on any atom is -0.312 e. The van der Waals surface area contributed by atoms with Gasteiger partial charge in [-0.05, 0) is 30.2 Å². The Morgan fingerprint density at radius 1 is 1.25 bits per heavy atom. The molecule has 3 nitrogen and oxygen atoms in total. The lowest BCUT2D eigenvalue weighted by Crippen LogP contribution is -2.17. The molecule has 0 saturated heterocycles. The maximum absolute atomic E-state index is 12.6. The highest BCUT2D eigenvalue weighted by molar-refractivity contribution is 5.25. The molecule has 0 aliphatic carbocycles. The van der Waals surface area contributed by atoms with E-state index >= 15 is 0 Å². The molecule has 20 heavy (non-hydrogen) atoms. The molecule has 1 aromatic carbocycles. The zero-order valence-corrected chi connectivity index (χ0v) is 11.1. The molecule has 2 rings (SSSR count). The SMILES string of the molecule is Cn1cc(CCNCc2cccc(C(F)(F)F)c2)cn1. The summed E-state index contributed by atoms with van der Waals surface area (Å²) in [5.41, 5.74) is 1.12. The first-order chi connectivity index (χ1) is 9.45. The minimum absolute atomic E-state index is 0.421. The Balaban J connectivity index is 1.82. The van der Waals surface area contributed by atoms with Gasteiger partial charge in [-0.2, -0.15) is 18.3 Å². The molecular formula is C14H16F3N3. The third kappa shape index (κ3) is 4.09. The van der Waals surface area contributed by atoms with Crippen LogP contribution in [0.15, 0.2) is 36.7 Å². The smallest absolute Gasteiger partial charge is 0.312 e. The van der Waals surface area contributed by atoms with Crippen LogP contribution in [0, 0.1) is 0 Å². The van der Waals surface area contributed by atoms with Crippen LogP contribution in [0.3, 0.4) is 0 Å². The minimum atomic E-state index is -4.29. The Labute approximate surface area is 115 Å². The van der Waals surface area contributed by atoms with E-state index in [-0.39, 0.29) is 0 Å². The number of benzene rings is 1. The van der Waals surface area contributed by atoms with Gasteiger partial charge in [0.2, 0.25) is 0 Å². The molecule has 0 amide bonds. The fourth-order valence-electron chi connectivity index (χ4n) is 1.92. The largest absolute Gasteiger partial charge is 0.416 e. The summed E-state index contributed by atoms with van der Waals surface area (Å²) in [7, 11) is 1.85. The van der Waals surface area contributed by atoms with Crippen molar-refractivity contribution in [3.63, 3.8) is 0 Å². The first kappa shape index (κ1) is 14.6. The van der Waals surface area contributed by atoms with Gasteiger partial charge in [0.1, 0.15) is 0 Å². The molecule has 1 N–H and O–H groups in total. The van der Waals surface area contributed by atoms with Crippen molar-refractivity contribution in [3.8, 4) is 0 Å². The Morgan fingerprint density at radius 2 is 2.05 bits per heavy atom. The van der Waals surface area contributed by atoms with Crippen LogP contribution >= 0.6 is 0 Å². The first-order valence-electron chi connectivity index (χ1n) is 6.29. The van der Waals surface area contributed by atoms with Crippen LogP contribution in [0.25, 0.3) is 0 Å². The van der Waals surface area contributed by atoms with E-state index in [1.165, 1.54) is 12.1 Å². The molecular weight excluding hydrogens is 267 g/mol. The van der Waals surface area contributed by atoms with E-state index < -0.39 is 11.7 Å². The number of rotatable bonds is 5. The molecule has 0 aliphatic rings. The zero-order chi connectivity index (χ0) is 14.6.